The van der Waals surface area contributed by atoms with Crippen LogP contribution in [0, 0.1) is 0 Å². The summed E-state index contributed by atoms with van der Waals surface area (Å²) in [6, 6.07) is 13.5. The number of methoxy groups -OCH3 is 2. The van der Waals surface area contributed by atoms with Crippen molar-refractivity contribution in [2.45, 2.75) is 0 Å². The Labute approximate surface area is 202 Å². The molecule has 0 fully saturated rings. The van der Waals surface area contributed by atoms with Crippen LogP contribution in [0.1, 0.15) is 26.3 Å². The molecule has 1 N–H and O–H groups in total. The molecule has 3 aromatic rings. The number of carbonyl (C=O) groups excluding carboxylic acids is 1. The van der Waals surface area contributed by atoms with E-state index in [9.17, 15) is 9.59 Å². The normalized spacial score (nSPS) is 11.0. The first-order valence-electron chi connectivity index (χ1n) is 10.5. The van der Waals surface area contributed by atoms with Crippen LogP contribution in [0.2, 0.25) is 0 Å². The Morgan fingerprint density at radius 3 is 2.35 bits per heavy atom. The number of benzene rings is 2. The number of rotatable bonds is 13. The van der Waals surface area contributed by atoms with Gasteiger partial charge in [-0.3, -0.25) is 4.79 Å². The molecule has 8 heteroatoms. The molecule has 7 nitrogen and oxygen atoms in total. The molecule has 0 saturated carbocycles. The van der Waals surface area contributed by atoms with Crippen molar-refractivity contribution in [2.24, 2.45) is 0 Å². The molecule has 3 rings (SSSR count). The highest BCUT2D eigenvalue weighted by Crippen LogP contribution is 2.41. The van der Waals surface area contributed by atoms with E-state index in [0.29, 0.717) is 43.5 Å². The molecule has 0 aliphatic rings. The van der Waals surface area contributed by atoms with E-state index in [1.807, 2.05) is 23.6 Å². The lowest BCUT2D eigenvalue weighted by Crippen LogP contribution is -2.11. The summed E-state index contributed by atoms with van der Waals surface area (Å²) in [7, 11) is 3.19. The highest BCUT2D eigenvalue weighted by atomic mass is 32.1. The zero-order chi connectivity index (χ0) is 24.3. The topological polar surface area (TPSA) is 91.3 Å². The largest absolute Gasteiger partial charge is 0.493 e. The molecule has 1 heterocycles. The molecule has 0 spiro atoms. The lowest BCUT2D eigenvalue weighted by Gasteiger charge is -2.16. The second-order valence-electron chi connectivity index (χ2n) is 7.11. The zero-order valence-electron chi connectivity index (χ0n) is 19.0. The smallest absolute Gasteiger partial charge is 0.335 e. The minimum atomic E-state index is -1.04. The van der Waals surface area contributed by atoms with Crippen LogP contribution in [-0.4, -0.2) is 57.5 Å². The fraction of sp³-hybridized carbons (Fsp3) is 0.231. The van der Waals surface area contributed by atoms with Crippen molar-refractivity contribution in [1.29, 1.82) is 0 Å². The van der Waals surface area contributed by atoms with Crippen molar-refractivity contribution < 1.29 is 33.6 Å². The molecule has 0 amide bonds. The second kappa shape index (κ2) is 12.7. The molecular weight excluding hydrogens is 456 g/mol. The van der Waals surface area contributed by atoms with Crippen LogP contribution >= 0.6 is 11.3 Å². The number of aromatic carboxylic acids is 1. The van der Waals surface area contributed by atoms with E-state index < -0.39 is 5.97 Å². The Morgan fingerprint density at radius 1 is 0.971 bits per heavy atom. The number of ketones is 1. The molecule has 178 valence electrons. The summed E-state index contributed by atoms with van der Waals surface area (Å²) in [6.45, 7) is 1.77. The van der Waals surface area contributed by atoms with Gasteiger partial charge in [-0.15, -0.1) is 11.3 Å². The summed E-state index contributed by atoms with van der Waals surface area (Å²) in [4.78, 5) is 24.6. The van der Waals surface area contributed by atoms with Gasteiger partial charge in [0.05, 0.1) is 32.5 Å². The molecule has 0 unspecified atom stereocenters. The summed E-state index contributed by atoms with van der Waals surface area (Å²) < 4.78 is 22.1. The fourth-order valence-corrected chi connectivity index (χ4v) is 3.87. The van der Waals surface area contributed by atoms with Crippen LogP contribution in [0.3, 0.4) is 0 Å². The third-order valence-electron chi connectivity index (χ3n) is 4.83. The average Bonchev–Trinajstić information content (AvgIpc) is 3.39. The maximum Gasteiger partial charge on any atom is 0.335 e. The summed E-state index contributed by atoms with van der Waals surface area (Å²) in [5.41, 5.74) is 2.15. The quantitative estimate of drug-likeness (QED) is 0.207. The molecule has 1 aromatic heterocycles. The molecule has 0 aliphatic carbocycles. The molecular formula is C26H26O7S. The van der Waals surface area contributed by atoms with Crippen molar-refractivity contribution in [2.75, 3.05) is 40.6 Å². The third-order valence-corrected chi connectivity index (χ3v) is 5.74. The Bertz CT molecular complexity index is 1120. The van der Waals surface area contributed by atoms with Gasteiger partial charge in [-0.2, -0.15) is 0 Å². The fourth-order valence-electron chi connectivity index (χ4n) is 3.13. The van der Waals surface area contributed by atoms with Gasteiger partial charge < -0.3 is 24.1 Å². The summed E-state index contributed by atoms with van der Waals surface area (Å²) in [5.74, 6) is -0.123. The van der Waals surface area contributed by atoms with Gasteiger partial charge in [0.25, 0.3) is 0 Å². The van der Waals surface area contributed by atoms with E-state index in [-0.39, 0.29) is 11.3 Å². The van der Waals surface area contributed by atoms with Crippen LogP contribution in [0.5, 0.6) is 11.5 Å². The monoisotopic (exact) mass is 482 g/mol. The molecule has 0 radical (unpaired) electrons. The van der Waals surface area contributed by atoms with Crippen molar-refractivity contribution in [3.63, 3.8) is 0 Å². The summed E-state index contributed by atoms with van der Waals surface area (Å²) in [5, 5.41) is 11.0. The van der Waals surface area contributed by atoms with E-state index in [0.717, 1.165) is 16.0 Å². The number of hydrogen-bond acceptors (Lipinski definition) is 7. The van der Waals surface area contributed by atoms with Gasteiger partial charge in [-0.25, -0.2) is 4.79 Å². The van der Waals surface area contributed by atoms with Crippen molar-refractivity contribution >= 4 is 29.2 Å². The Hall–Kier alpha value is -3.46. The minimum absolute atomic E-state index is 0.130. The predicted molar refractivity (Wildman–Crippen MR) is 131 cm³/mol. The van der Waals surface area contributed by atoms with E-state index >= 15 is 0 Å². The highest BCUT2D eigenvalue weighted by molar-refractivity contribution is 7.13. The first-order valence-corrected chi connectivity index (χ1v) is 11.4. The van der Waals surface area contributed by atoms with Crippen LogP contribution in [0.25, 0.3) is 16.5 Å². The molecule has 2 aromatic carbocycles. The van der Waals surface area contributed by atoms with E-state index in [1.54, 1.807) is 37.7 Å². The predicted octanol–water partition coefficient (Wildman–Crippen LogP) is 5.06. The number of carbonyl (C=O) groups is 2. The molecule has 0 atom stereocenters. The first-order chi connectivity index (χ1) is 16.5. The molecule has 0 bridgehead atoms. The van der Waals surface area contributed by atoms with Gasteiger partial charge in [0.15, 0.2) is 17.3 Å². The van der Waals surface area contributed by atoms with Crippen molar-refractivity contribution in [3.05, 3.63) is 76.7 Å². The van der Waals surface area contributed by atoms with Gasteiger partial charge in [-0.1, -0.05) is 24.3 Å². The lowest BCUT2D eigenvalue weighted by atomic mass is 10.0. The summed E-state index contributed by atoms with van der Waals surface area (Å²) in [6.07, 6.45) is 3.15. The molecule has 34 heavy (non-hydrogen) atoms. The second-order valence-corrected chi connectivity index (χ2v) is 8.06. The van der Waals surface area contributed by atoms with Gasteiger partial charge in [0, 0.05) is 23.1 Å². The van der Waals surface area contributed by atoms with E-state index in [4.69, 9.17) is 24.1 Å². The van der Waals surface area contributed by atoms with Gasteiger partial charge >= 0.3 is 5.97 Å². The van der Waals surface area contributed by atoms with Crippen molar-refractivity contribution in [1.82, 2.24) is 0 Å². The maximum absolute atomic E-state index is 12.6. The Morgan fingerprint density at radius 2 is 1.71 bits per heavy atom. The average molecular weight is 483 g/mol. The zero-order valence-corrected chi connectivity index (χ0v) is 19.8. The number of hydrogen-bond donors (Lipinski definition) is 1. The maximum atomic E-state index is 12.6. The number of carboxylic acid groups (broad SMARTS) is 1. The number of carboxylic acids is 1. The van der Waals surface area contributed by atoms with E-state index in [1.165, 1.54) is 30.3 Å². The van der Waals surface area contributed by atoms with Crippen LogP contribution in [0.15, 0.2) is 60.0 Å². The first kappa shape index (κ1) is 25.2. The Kier molecular flexibility index (Phi) is 9.40. The van der Waals surface area contributed by atoms with Crippen LogP contribution in [0.4, 0.5) is 0 Å². The number of allylic oxidation sites excluding steroid dienone is 1. The third kappa shape index (κ3) is 6.77. The highest BCUT2D eigenvalue weighted by Gasteiger charge is 2.16. The number of ether oxygens (including phenoxy) is 4. The molecule has 0 saturated heterocycles. The SMILES string of the molecule is COCCOCCOc1c(OC)cc(C=CC(=O)c2ccc(C(=O)O)cc2)cc1-c1cccs1. The number of thiophene rings is 1. The van der Waals surface area contributed by atoms with Crippen LogP contribution < -0.4 is 9.47 Å². The summed E-state index contributed by atoms with van der Waals surface area (Å²) >= 11 is 1.57. The molecule has 0 aliphatic heterocycles. The Balaban J connectivity index is 1.81. The van der Waals surface area contributed by atoms with Crippen molar-refractivity contribution in [3.8, 4) is 21.9 Å². The lowest BCUT2D eigenvalue weighted by molar-refractivity contribution is 0.0541. The van der Waals surface area contributed by atoms with Gasteiger partial charge in [0.1, 0.15) is 6.61 Å². The van der Waals surface area contributed by atoms with E-state index in [2.05, 4.69) is 0 Å². The minimum Gasteiger partial charge on any atom is -0.493 e. The van der Waals surface area contributed by atoms with Gasteiger partial charge in [-0.05, 0) is 47.4 Å². The standard InChI is InChI=1S/C26H26O7S/c1-30-11-12-32-13-14-33-25-21(24-4-3-15-34-24)16-18(17-23(25)31-2)5-10-22(27)19-6-8-20(9-7-19)26(28)29/h3-10,15-17H,11-14H2,1-2H3,(H,28,29). The van der Waals surface area contributed by atoms with Crippen LogP contribution in [-0.2, 0) is 9.47 Å². The van der Waals surface area contributed by atoms with Gasteiger partial charge in [0.2, 0.25) is 0 Å².